The minimum atomic E-state index is -0.383. The van der Waals surface area contributed by atoms with Crippen molar-refractivity contribution < 1.29 is 9.59 Å². The summed E-state index contributed by atoms with van der Waals surface area (Å²) in [4.78, 5) is 25.7. The Morgan fingerprint density at radius 3 is 2.45 bits per heavy atom. The Morgan fingerprint density at radius 1 is 1.25 bits per heavy atom. The first-order valence-corrected chi connectivity index (χ1v) is 7.23. The lowest BCUT2D eigenvalue weighted by Gasteiger charge is -2.32. The van der Waals surface area contributed by atoms with Gasteiger partial charge in [-0.2, -0.15) is 0 Å². The van der Waals surface area contributed by atoms with Gasteiger partial charge in [0.2, 0.25) is 11.8 Å². The van der Waals surface area contributed by atoms with Crippen LogP contribution >= 0.6 is 0 Å². The molecule has 1 N–H and O–H groups in total. The summed E-state index contributed by atoms with van der Waals surface area (Å²) in [6, 6.07) is 7.51. The largest absolute Gasteiger partial charge is 0.343 e. The van der Waals surface area contributed by atoms with Crippen molar-refractivity contribution in [1.82, 2.24) is 5.32 Å². The molecule has 1 aliphatic rings. The molecule has 108 valence electrons. The molecule has 1 aliphatic heterocycles. The van der Waals surface area contributed by atoms with E-state index >= 15 is 0 Å². The van der Waals surface area contributed by atoms with Crippen LogP contribution in [0.2, 0.25) is 0 Å². The summed E-state index contributed by atoms with van der Waals surface area (Å²) in [7, 11) is 0. The van der Waals surface area contributed by atoms with Gasteiger partial charge in [-0.05, 0) is 30.0 Å². The quantitative estimate of drug-likeness (QED) is 0.916. The summed E-state index contributed by atoms with van der Waals surface area (Å²) in [6.45, 7) is 6.38. The van der Waals surface area contributed by atoms with E-state index in [1.165, 1.54) is 5.56 Å². The Balaban J connectivity index is 2.21. The highest BCUT2D eigenvalue weighted by molar-refractivity contribution is 6.06. The zero-order valence-electron chi connectivity index (χ0n) is 12.3. The van der Waals surface area contributed by atoms with E-state index in [0.29, 0.717) is 12.3 Å². The predicted octanol–water partition coefficient (Wildman–Crippen LogP) is 2.44. The van der Waals surface area contributed by atoms with E-state index in [1.54, 1.807) is 4.90 Å². The van der Waals surface area contributed by atoms with Crippen molar-refractivity contribution in [1.29, 1.82) is 0 Å². The molecule has 4 nitrogen and oxygen atoms in total. The molecule has 0 aromatic heterocycles. The number of carbonyl (C=O) groups is 2. The van der Waals surface area contributed by atoms with Crippen LogP contribution in [0.15, 0.2) is 24.3 Å². The van der Waals surface area contributed by atoms with E-state index in [-0.39, 0.29) is 24.4 Å². The van der Waals surface area contributed by atoms with Crippen molar-refractivity contribution in [2.75, 3.05) is 11.4 Å². The number of rotatable bonds is 4. The highest BCUT2D eigenvalue weighted by atomic mass is 16.2. The zero-order chi connectivity index (χ0) is 14.7. The van der Waals surface area contributed by atoms with E-state index in [2.05, 4.69) is 19.2 Å². The molecule has 1 unspecified atom stereocenters. The number of piperazine rings is 1. The fourth-order valence-corrected chi connectivity index (χ4v) is 2.45. The topological polar surface area (TPSA) is 49.4 Å². The SMILES string of the molecule is CCCC1NC(=O)CN(c2ccc(C(C)C)cc2)C1=O. The summed E-state index contributed by atoms with van der Waals surface area (Å²) >= 11 is 0. The van der Waals surface area contributed by atoms with Crippen LogP contribution in [0.25, 0.3) is 0 Å². The molecule has 20 heavy (non-hydrogen) atoms. The number of nitrogens with zero attached hydrogens (tertiary/aromatic N) is 1. The molecule has 2 rings (SSSR count). The third kappa shape index (κ3) is 3.00. The van der Waals surface area contributed by atoms with Gasteiger partial charge in [0.15, 0.2) is 0 Å². The lowest BCUT2D eigenvalue weighted by Crippen LogP contribution is -2.58. The molecule has 1 fully saturated rings. The summed E-state index contributed by atoms with van der Waals surface area (Å²) in [5.41, 5.74) is 2.03. The molecule has 2 amide bonds. The highest BCUT2D eigenvalue weighted by Gasteiger charge is 2.32. The Kier molecular flexibility index (Phi) is 4.42. The van der Waals surface area contributed by atoms with Gasteiger partial charge in [0.1, 0.15) is 12.6 Å². The number of anilines is 1. The van der Waals surface area contributed by atoms with E-state index in [9.17, 15) is 9.59 Å². The van der Waals surface area contributed by atoms with Gasteiger partial charge in [-0.1, -0.05) is 39.3 Å². The molecule has 1 heterocycles. The maximum absolute atomic E-state index is 12.4. The van der Waals surface area contributed by atoms with Crippen LogP contribution < -0.4 is 10.2 Å². The first kappa shape index (κ1) is 14.6. The molecule has 0 spiro atoms. The Hall–Kier alpha value is -1.84. The lowest BCUT2D eigenvalue weighted by atomic mass is 10.0. The van der Waals surface area contributed by atoms with E-state index < -0.39 is 0 Å². The van der Waals surface area contributed by atoms with Gasteiger partial charge in [0, 0.05) is 5.69 Å². The number of benzene rings is 1. The monoisotopic (exact) mass is 274 g/mol. The average molecular weight is 274 g/mol. The van der Waals surface area contributed by atoms with Crippen molar-refractivity contribution in [3.8, 4) is 0 Å². The van der Waals surface area contributed by atoms with Gasteiger partial charge >= 0.3 is 0 Å². The summed E-state index contributed by atoms with van der Waals surface area (Å²) in [6.07, 6.45) is 1.56. The number of nitrogens with one attached hydrogen (secondary N) is 1. The van der Waals surface area contributed by atoms with Crippen LogP contribution in [0.5, 0.6) is 0 Å². The van der Waals surface area contributed by atoms with Gasteiger partial charge in [-0.25, -0.2) is 0 Å². The molecule has 0 radical (unpaired) electrons. The highest BCUT2D eigenvalue weighted by Crippen LogP contribution is 2.22. The summed E-state index contributed by atoms with van der Waals surface area (Å²) < 4.78 is 0. The standard InChI is InChI=1S/C16H22N2O2/c1-4-5-14-16(20)18(10-15(19)17-14)13-8-6-12(7-9-13)11(2)3/h6-9,11,14H,4-5,10H2,1-3H3,(H,17,19). The van der Waals surface area contributed by atoms with E-state index in [4.69, 9.17) is 0 Å². The Labute approximate surface area is 120 Å². The van der Waals surface area contributed by atoms with Crippen LogP contribution in [-0.2, 0) is 9.59 Å². The van der Waals surface area contributed by atoms with Crippen LogP contribution in [0, 0.1) is 0 Å². The summed E-state index contributed by atoms with van der Waals surface area (Å²) in [5, 5.41) is 2.77. The molecular formula is C16H22N2O2. The van der Waals surface area contributed by atoms with Gasteiger partial charge in [0.05, 0.1) is 0 Å². The first-order chi connectivity index (χ1) is 9.52. The third-order valence-corrected chi connectivity index (χ3v) is 3.65. The van der Waals surface area contributed by atoms with Crippen LogP contribution in [0.3, 0.4) is 0 Å². The second kappa shape index (κ2) is 6.07. The molecule has 1 atom stereocenters. The smallest absolute Gasteiger partial charge is 0.250 e. The second-order valence-corrected chi connectivity index (χ2v) is 5.58. The van der Waals surface area contributed by atoms with Gasteiger partial charge in [0.25, 0.3) is 0 Å². The molecule has 1 saturated heterocycles. The lowest BCUT2D eigenvalue weighted by molar-refractivity contribution is -0.131. The van der Waals surface area contributed by atoms with Crippen molar-refractivity contribution >= 4 is 17.5 Å². The molecule has 0 bridgehead atoms. The molecule has 0 saturated carbocycles. The normalized spacial score (nSPS) is 19.4. The first-order valence-electron chi connectivity index (χ1n) is 7.23. The number of amides is 2. The second-order valence-electron chi connectivity index (χ2n) is 5.58. The van der Waals surface area contributed by atoms with Crippen molar-refractivity contribution in [2.24, 2.45) is 0 Å². The summed E-state index contributed by atoms with van der Waals surface area (Å²) in [5.74, 6) is 0.358. The molecule has 1 aromatic rings. The zero-order valence-corrected chi connectivity index (χ0v) is 12.3. The number of carbonyl (C=O) groups excluding carboxylic acids is 2. The minimum absolute atomic E-state index is 0.0104. The predicted molar refractivity (Wildman–Crippen MR) is 79.7 cm³/mol. The van der Waals surface area contributed by atoms with Crippen LogP contribution in [-0.4, -0.2) is 24.4 Å². The Bertz CT molecular complexity index is 494. The fourth-order valence-electron chi connectivity index (χ4n) is 2.45. The van der Waals surface area contributed by atoms with Crippen LogP contribution in [0.1, 0.15) is 45.1 Å². The van der Waals surface area contributed by atoms with Gasteiger partial charge in [-0.15, -0.1) is 0 Å². The van der Waals surface area contributed by atoms with Crippen molar-refractivity contribution in [3.05, 3.63) is 29.8 Å². The third-order valence-electron chi connectivity index (χ3n) is 3.65. The molecule has 4 heteroatoms. The minimum Gasteiger partial charge on any atom is -0.343 e. The van der Waals surface area contributed by atoms with Crippen LogP contribution in [0.4, 0.5) is 5.69 Å². The molecular weight excluding hydrogens is 252 g/mol. The maximum atomic E-state index is 12.4. The van der Waals surface area contributed by atoms with E-state index in [1.807, 2.05) is 31.2 Å². The molecule has 1 aromatic carbocycles. The fraction of sp³-hybridized carbons (Fsp3) is 0.500. The Morgan fingerprint density at radius 2 is 1.90 bits per heavy atom. The van der Waals surface area contributed by atoms with Crippen molar-refractivity contribution in [2.45, 2.75) is 45.6 Å². The average Bonchev–Trinajstić information content (AvgIpc) is 2.43. The van der Waals surface area contributed by atoms with Gasteiger partial charge < -0.3 is 10.2 Å². The number of hydrogen-bond acceptors (Lipinski definition) is 2. The molecule has 0 aliphatic carbocycles. The van der Waals surface area contributed by atoms with Gasteiger partial charge in [-0.3, -0.25) is 9.59 Å². The number of hydrogen-bond donors (Lipinski definition) is 1. The van der Waals surface area contributed by atoms with E-state index in [0.717, 1.165) is 12.1 Å². The maximum Gasteiger partial charge on any atom is 0.250 e. The van der Waals surface area contributed by atoms with Crippen molar-refractivity contribution in [3.63, 3.8) is 0 Å².